The minimum Gasteiger partial charge on any atom is -0.438 e. The number of hydrogen-bond acceptors (Lipinski definition) is 13. The van der Waals surface area contributed by atoms with Gasteiger partial charge in [-0.25, -0.2) is 19.7 Å². The fourth-order valence-corrected chi connectivity index (χ4v) is 4.07. The van der Waals surface area contributed by atoms with Gasteiger partial charge in [-0.2, -0.15) is 0 Å². The zero-order chi connectivity index (χ0) is 26.7. The molecular weight excluding hydrogens is 497 g/mol. The highest BCUT2D eigenvalue weighted by molar-refractivity contribution is 7.53. The molecule has 14 nitrogen and oxygen atoms in total. The van der Waals surface area contributed by atoms with Crippen LogP contribution in [0.25, 0.3) is 11.2 Å². The number of ether oxygens (including phenoxy) is 4. The summed E-state index contributed by atoms with van der Waals surface area (Å²) in [5, 5.41) is 0. The van der Waals surface area contributed by atoms with Gasteiger partial charge in [0.05, 0.1) is 31.0 Å². The quantitative estimate of drug-likeness (QED) is 0.201. The number of anilines is 1. The molecule has 2 unspecified atom stereocenters. The minimum absolute atomic E-state index is 0.248. The van der Waals surface area contributed by atoms with E-state index in [0.29, 0.717) is 24.0 Å². The number of nitrogen functional groups attached to an aromatic ring is 1. The second kappa shape index (κ2) is 14.1. The lowest BCUT2D eigenvalue weighted by Crippen LogP contribution is -2.21. The van der Waals surface area contributed by atoms with Crippen molar-refractivity contribution in [1.29, 1.82) is 0 Å². The summed E-state index contributed by atoms with van der Waals surface area (Å²) in [4.78, 5) is 35.9. The van der Waals surface area contributed by atoms with Gasteiger partial charge in [0.15, 0.2) is 11.5 Å². The predicted octanol–water partition coefficient (Wildman–Crippen LogP) is 3.45. The molecule has 2 heterocycles. The molecular formula is C21H34N5O9P. The molecule has 36 heavy (non-hydrogen) atoms. The van der Waals surface area contributed by atoms with E-state index in [1.165, 1.54) is 12.7 Å². The van der Waals surface area contributed by atoms with Crippen molar-refractivity contribution in [3.8, 4) is 0 Å². The second-order valence-electron chi connectivity index (χ2n) is 8.08. The van der Waals surface area contributed by atoms with Gasteiger partial charge in [0.1, 0.15) is 18.2 Å². The SMILES string of the molecule is CCC(CC)C(=O)OCOP(=O)(COC(C)Cn1cnc2c(N)ncnc21)OCOC(=O)OC(C)C. The maximum Gasteiger partial charge on any atom is 0.510 e. The van der Waals surface area contributed by atoms with Crippen molar-refractivity contribution in [2.75, 3.05) is 25.7 Å². The smallest absolute Gasteiger partial charge is 0.438 e. The number of aromatic nitrogens is 4. The second-order valence-corrected chi connectivity index (χ2v) is 10.1. The molecule has 0 saturated heterocycles. The van der Waals surface area contributed by atoms with E-state index in [4.69, 9.17) is 33.7 Å². The third kappa shape index (κ3) is 9.01. The summed E-state index contributed by atoms with van der Waals surface area (Å²) in [6.45, 7) is 7.67. The van der Waals surface area contributed by atoms with Crippen molar-refractivity contribution < 1.29 is 42.1 Å². The predicted molar refractivity (Wildman–Crippen MR) is 128 cm³/mol. The van der Waals surface area contributed by atoms with Crippen LogP contribution in [0.15, 0.2) is 12.7 Å². The van der Waals surface area contributed by atoms with E-state index in [0.717, 1.165) is 0 Å². The van der Waals surface area contributed by atoms with E-state index < -0.39 is 51.9 Å². The van der Waals surface area contributed by atoms with Crippen molar-refractivity contribution in [2.24, 2.45) is 5.92 Å². The molecule has 2 aromatic heterocycles. The molecule has 202 valence electrons. The Morgan fingerprint density at radius 2 is 1.72 bits per heavy atom. The summed E-state index contributed by atoms with van der Waals surface area (Å²) in [6, 6.07) is 0. The molecule has 2 aromatic rings. The van der Waals surface area contributed by atoms with Crippen LogP contribution in [0.4, 0.5) is 10.6 Å². The Morgan fingerprint density at radius 1 is 1.06 bits per heavy atom. The highest BCUT2D eigenvalue weighted by atomic mass is 31.2. The van der Waals surface area contributed by atoms with Gasteiger partial charge in [-0.15, -0.1) is 0 Å². The molecule has 0 bridgehead atoms. The zero-order valence-corrected chi connectivity index (χ0v) is 22.0. The number of nitrogens with two attached hydrogens (primary N) is 1. The van der Waals surface area contributed by atoms with Crippen molar-refractivity contribution in [3.63, 3.8) is 0 Å². The molecule has 0 aliphatic heterocycles. The van der Waals surface area contributed by atoms with Crippen LogP contribution in [0, 0.1) is 5.92 Å². The van der Waals surface area contributed by atoms with E-state index in [-0.39, 0.29) is 18.3 Å². The summed E-state index contributed by atoms with van der Waals surface area (Å²) < 4.78 is 45.7. The molecule has 2 atom stereocenters. The summed E-state index contributed by atoms with van der Waals surface area (Å²) in [5.41, 5.74) is 6.77. The number of hydrogen-bond donors (Lipinski definition) is 1. The maximum atomic E-state index is 13.2. The first-order chi connectivity index (χ1) is 17.1. The highest BCUT2D eigenvalue weighted by Crippen LogP contribution is 2.48. The van der Waals surface area contributed by atoms with Gasteiger partial charge in [-0.1, -0.05) is 13.8 Å². The van der Waals surface area contributed by atoms with Crippen LogP contribution in [0.2, 0.25) is 0 Å². The summed E-state index contributed by atoms with van der Waals surface area (Å²) in [5.74, 6) is -0.537. The number of rotatable bonds is 15. The Kier molecular flexibility index (Phi) is 11.5. The Labute approximate surface area is 209 Å². The number of carbonyl (C=O) groups excluding carboxylic acids is 2. The summed E-state index contributed by atoms with van der Waals surface area (Å²) in [7, 11) is -4.02. The molecule has 0 aromatic carbocycles. The van der Waals surface area contributed by atoms with Gasteiger partial charge in [-0.05, 0) is 33.6 Å². The lowest BCUT2D eigenvalue weighted by molar-refractivity contribution is -0.156. The molecule has 0 amide bonds. The summed E-state index contributed by atoms with van der Waals surface area (Å²) in [6.07, 6.45) is 1.62. The monoisotopic (exact) mass is 531 g/mol. The Bertz CT molecular complexity index is 1040. The van der Waals surface area contributed by atoms with E-state index >= 15 is 0 Å². The van der Waals surface area contributed by atoms with Gasteiger partial charge < -0.3 is 29.2 Å². The van der Waals surface area contributed by atoms with Crippen molar-refractivity contribution in [1.82, 2.24) is 19.5 Å². The van der Waals surface area contributed by atoms with Gasteiger partial charge in [0, 0.05) is 0 Å². The highest BCUT2D eigenvalue weighted by Gasteiger charge is 2.29. The fraction of sp³-hybridized carbons (Fsp3) is 0.667. The van der Waals surface area contributed by atoms with Gasteiger partial charge in [0.2, 0.25) is 13.6 Å². The average molecular weight is 532 g/mol. The van der Waals surface area contributed by atoms with Gasteiger partial charge >= 0.3 is 19.7 Å². The molecule has 2 N–H and O–H groups in total. The van der Waals surface area contributed by atoms with Crippen LogP contribution in [-0.2, 0) is 43.9 Å². The number of imidazole rings is 1. The van der Waals surface area contributed by atoms with Crippen LogP contribution < -0.4 is 5.73 Å². The van der Waals surface area contributed by atoms with E-state index in [1.807, 2.05) is 13.8 Å². The first kappa shape index (κ1) is 29.4. The molecule has 0 fully saturated rings. The Hall–Kier alpha value is -2.80. The van der Waals surface area contributed by atoms with Gasteiger partial charge in [-0.3, -0.25) is 18.4 Å². The summed E-state index contributed by atoms with van der Waals surface area (Å²) >= 11 is 0. The molecule has 0 radical (unpaired) electrons. The van der Waals surface area contributed by atoms with Crippen LogP contribution in [0.5, 0.6) is 0 Å². The number of nitrogens with zero attached hydrogens (tertiary/aromatic N) is 4. The number of esters is 1. The molecule has 2 rings (SSSR count). The van der Waals surface area contributed by atoms with Crippen LogP contribution in [0.3, 0.4) is 0 Å². The fourth-order valence-electron chi connectivity index (χ4n) is 2.98. The molecule has 0 spiro atoms. The van der Waals surface area contributed by atoms with Crippen molar-refractivity contribution in [2.45, 2.75) is 66.2 Å². The molecule has 0 aliphatic rings. The first-order valence-corrected chi connectivity index (χ1v) is 13.2. The molecule has 0 saturated carbocycles. The van der Waals surface area contributed by atoms with Crippen LogP contribution in [-0.4, -0.2) is 63.8 Å². The Balaban J connectivity index is 1.98. The standard InChI is InChI=1S/C21H34N5O9P/c1-6-16(7-2)20(27)30-11-33-36(29,34-12-31-21(28)35-14(3)4)13-32-15(5)8-26-10-25-17-18(22)23-9-24-19(17)26/h9-10,14-16H,6-8,11-13H2,1-5H3,(H2,22,23,24). The largest absolute Gasteiger partial charge is 0.510 e. The van der Waals surface area contributed by atoms with E-state index in [9.17, 15) is 14.2 Å². The lowest BCUT2D eigenvalue weighted by Gasteiger charge is -2.21. The zero-order valence-electron chi connectivity index (χ0n) is 21.1. The molecule has 15 heteroatoms. The molecule has 0 aliphatic carbocycles. The van der Waals surface area contributed by atoms with Gasteiger partial charge in [0.25, 0.3) is 0 Å². The van der Waals surface area contributed by atoms with E-state index in [2.05, 4.69) is 15.0 Å². The maximum absolute atomic E-state index is 13.2. The lowest BCUT2D eigenvalue weighted by atomic mass is 10.0. The Morgan fingerprint density at radius 3 is 2.36 bits per heavy atom. The number of fused-ring (bicyclic) bond motifs is 1. The third-order valence-electron chi connectivity index (χ3n) is 4.93. The normalized spacial score (nSPS) is 14.1. The van der Waals surface area contributed by atoms with Crippen molar-refractivity contribution >= 4 is 36.7 Å². The minimum atomic E-state index is -4.02. The average Bonchev–Trinajstić information content (AvgIpc) is 3.22. The van der Waals surface area contributed by atoms with Crippen LogP contribution >= 0.6 is 7.60 Å². The number of carbonyl (C=O) groups is 2. The van der Waals surface area contributed by atoms with E-state index in [1.54, 1.807) is 25.3 Å². The van der Waals surface area contributed by atoms with Crippen LogP contribution in [0.1, 0.15) is 47.5 Å². The van der Waals surface area contributed by atoms with Crippen molar-refractivity contribution in [3.05, 3.63) is 12.7 Å². The third-order valence-corrected chi connectivity index (χ3v) is 6.39. The topological polar surface area (TPSA) is 176 Å². The first-order valence-electron chi connectivity index (χ1n) is 11.5.